The number of ether oxygens (including phenoxy) is 4. The Morgan fingerprint density at radius 1 is 0.919 bits per heavy atom. The number of carbonyl (C=O) groups excluding carboxylic acids is 4. The van der Waals surface area contributed by atoms with Crippen LogP contribution in [-0.4, -0.2) is 56.3 Å². The van der Waals surface area contributed by atoms with Gasteiger partial charge in [-0.05, 0) is 24.5 Å². The molecule has 196 valence electrons. The summed E-state index contributed by atoms with van der Waals surface area (Å²) >= 11 is 0. The predicted molar refractivity (Wildman–Crippen MR) is 133 cm³/mol. The van der Waals surface area contributed by atoms with Gasteiger partial charge >= 0.3 is 24.0 Å². The molecular formula is C28H31NO8. The molecule has 1 heterocycles. The average Bonchev–Trinajstić information content (AvgIpc) is 3.26. The minimum absolute atomic E-state index is 0.241. The summed E-state index contributed by atoms with van der Waals surface area (Å²) in [6.45, 7) is 5.50. The second-order valence-electron chi connectivity index (χ2n) is 8.86. The zero-order chi connectivity index (χ0) is 27.2. The van der Waals surface area contributed by atoms with E-state index in [9.17, 15) is 19.2 Å². The topological polar surface area (TPSA) is 108 Å². The summed E-state index contributed by atoms with van der Waals surface area (Å²) in [6, 6.07) is 15.9. The molecule has 3 atom stereocenters. The normalized spacial score (nSPS) is 17.9. The zero-order valence-corrected chi connectivity index (χ0v) is 21.3. The van der Waals surface area contributed by atoms with Crippen LogP contribution in [-0.2, 0) is 33.3 Å². The van der Waals surface area contributed by atoms with E-state index in [1.165, 1.54) is 12.0 Å². The van der Waals surface area contributed by atoms with Crippen molar-refractivity contribution in [3.05, 3.63) is 83.9 Å². The molecule has 0 aliphatic carbocycles. The smallest absolute Gasteiger partial charge is 0.411 e. The first kappa shape index (κ1) is 27.4. The van der Waals surface area contributed by atoms with Gasteiger partial charge in [0.25, 0.3) is 0 Å². The summed E-state index contributed by atoms with van der Waals surface area (Å²) < 4.78 is 20.9. The van der Waals surface area contributed by atoms with Crippen LogP contribution < -0.4 is 0 Å². The molecule has 0 spiro atoms. The van der Waals surface area contributed by atoms with Crippen LogP contribution in [0.5, 0.6) is 0 Å². The van der Waals surface area contributed by atoms with Crippen LogP contribution in [0.3, 0.4) is 0 Å². The fourth-order valence-electron chi connectivity index (χ4n) is 4.90. The van der Waals surface area contributed by atoms with Gasteiger partial charge in [-0.1, -0.05) is 66.2 Å². The van der Waals surface area contributed by atoms with Gasteiger partial charge in [-0.3, -0.25) is 19.3 Å². The second-order valence-corrected chi connectivity index (χ2v) is 8.86. The molecule has 1 saturated heterocycles. The Morgan fingerprint density at radius 2 is 1.43 bits per heavy atom. The first-order chi connectivity index (χ1) is 17.7. The Labute approximate surface area is 215 Å². The lowest BCUT2D eigenvalue weighted by Crippen LogP contribution is -2.59. The third-order valence-electron chi connectivity index (χ3n) is 6.47. The summed E-state index contributed by atoms with van der Waals surface area (Å²) in [5, 5.41) is 0. The number of nitrogens with zero attached hydrogens (tertiary/aromatic N) is 1. The van der Waals surface area contributed by atoms with Gasteiger partial charge in [0.15, 0.2) is 11.5 Å². The number of cyclic esters (lactones) is 1. The van der Waals surface area contributed by atoms with E-state index in [0.29, 0.717) is 16.7 Å². The van der Waals surface area contributed by atoms with Gasteiger partial charge in [0.2, 0.25) is 0 Å². The Morgan fingerprint density at radius 3 is 1.89 bits per heavy atom. The summed E-state index contributed by atoms with van der Waals surface area (Å²) in [6.07, 6.45) is -2.35. The van der Waals surface area contributed by atoms with Crippen LogP contribution in [0, 0.1) is 5.41 Å². The molecule has 37 heavy (non-hydrogen) atoms. The van der Waals surface area contributed by atoms with Crippen molar-refractivity contribution in [2.45, 2.75) is 38.0 Å². The van der Waals surface area contributed by atoms with Gasteiger partial charge in [-0.25, -0.2) is 4.79 Å². The van der Waals surface area contributed by atoms with E-state index < -0.39 is 54.0 Å². The van der Waals surface area contributed by atoms with E-state index in [4.69, 9.17) is 18.9 Å². The maximum atomic E-state index is 13.6. The van der Waals surface area contributed by atoms with E-state index in [1.54, 1.807) is 19.1 Å². The summed E-state index contributed by atoms with van der Waals surface area (Å²) in [5.41, 5.74) is -0.308. The summed E-state index contributed by atoms with van der Waals surface area (Å²) in [7, 11) is 3.43. The van der Waals surface area contributed by atoms with Crippen molar-refractivity contribution < 1.29 is 38.1 Å². The van der Waals surface area contributed by atoms with E-state index in [0.717, 1.165) is 14.2 Å². The molecule has 9 heteroatoms. The van der Waals surface area contributed by atoms with Crippen molar-refractivity contribution in [1.82, 2.24) is 4.90 Å². The highest BCUT2D eigenvalue weighted by Crippen LogP contribution is 2.49. The zero-order valence-electron chi connectivity index (χ0n) is 21.3. The Hall–Kier alpha value is -4.14. The van der Waals surface area contributed by atoms with Crippen molar-refractivity contribution in [2.24, 2.45) is 5.41 Å². The quantitative estimate of drug-likeness (QED) is 0.203. The van der Waals surface area contributed by atoms with Gasteiger partial charge in [0.1, 0.15) is 6.04 Å². The van der Waals surface area contributed by atoms with Crippen molar-refractivity contribution in [2.75, 3.05) is 21.3 Å². The molecule has 1 aliphatic rings. The molecule has 2 aromatic rings. The lowest BCUT2D eigenvalue weighted by atomic mass is 9.72. The maximum absolute atomic E-state index is 13.6. The molecule has 0 saturated carbocycles. The number of allylic oxidation sites excluding steroid dienone is 1. The molecule has 2 aromatic carbocycles. The number of methoxy groups -OCH3 is 3. The van der Waals surface area contributed by atoms with E-state index in [2.05, 4.69) is 6.58 Å². The van der Waals surface area contributed by atoms with E-state index in [1.807, 2.05) is 48.5 Å². The molecule has 1 fully saturated rings. The number of esters is 3. The van der Waals surface area contributed by atoms with Gasteiger partial charge in [-0.2, -0.15) is 0 Å². The minimum Gasteiger partial charge on any atom is -0.469 e. The third-order valence-corrected chi connectivity index (χ3v) is 6.47. The fourth-order valence-corrected chi connectivity index (χ4v) is 4.90. The molecule has 0 N–H and O–H groups in total. The number of amides is 1. The molecule has 3 rings (SSSR count). The molecule has 0 unspecified atom stereocenters. The first-order valence-electron chi connectivity index (χ1n) is 11.7. The molecule has 1 amide bonds. The number of benzene rings is 2. The lowest BCUT2D eigenvalue weighted by molar-refractivity contribution is -0.175. The van der Waals surface area contributed by atoms with Gasteiger partial charge < -0.3 is 18.9 Å². The third kappa shape index (κ3) is 5.35. The standard InChI is InChI=1S/C28H31NO8/c1-18(2)17-28(25(31)35-4,26(32)36-5)21(16-22(30)34-3)29-23(19-12-8-6-9-13-19)24(37-27(29)33)20-14-10-7-11-15-20/h6-15,21,23-24H,1,16-17H2,2-5H3/t21-,23+,24-/m0/s1. The molecule has 0 aromatic heterocycles. The number of hydrogen-bond acceptors (Lipinski definition) is 8. The van der Waals surface area contributed by atoms with E-state index >= 15 is 0 Å². The molecule has 0 bridgehead atoms. The van der Waals surface area contributed by atoms with Gasteiger partial charge in [0.05, 0.1) is 33.8 Å². The SMILES string of the molecule is C=C(C)CC(C(=O)OC)(C(=O)OC)[C@H](CC(=O)OC)N1C(=O)O[C@@H](c2ccccc2)[C@H]1c1ccccc1. The molecule has 0 radical (unpaired) electrons. The summed E-state index contributed by atoms with van der Waals surface area (Å²) in [5.74, 6) is -2.69. The predicted octanol–water partition coefficient (Wildman–Crippen LogP) is 4.15. The van der Waals surface area contributed by atoms with Crippen molar-refractivity contribution >= 4 is 24.0 Å². The summed E-state index contributed by atoms with van der Waals surface area (Å²) in [4.78, 5) is 54.5. The number of carbonyl (C=O) groups is 4. The van der Waals surface area contributed by atoms with Gasteiger partial charge in [0, 0.05) is 0 Å². The maximum Gasteiger partial charge on any atom is 0.411 e. The highest BCUT2D eigenvalue weighted by atomic mass is 16.6. The highest BCUT2D eigenvalue weighted by molar-refractivity contribution is 6.02. The van der Waals surface area contributed by atoms with Crippen molar-refractivity contribution in [1.29, 1.82) is 0 Å². The minimum atomic E-state index is -2.12. The lowest BCUT2D eigenvalue weighted by Gasteiger charge is -2.41. The van der Waals surface area contributed by atoms with Crippen LogP contribution in [0.2, 0.25) is 0 Å². The van der Waals surface area contributed by atoms with Crippen LogP contribution in [0.4, 0.5) is 4.79 Å². The largest absolute Gasteiger partial charge is 0.469 e. The van der Waals surface area contributed by atoms with E-state index in [-0.39, 0.29) is 6.42 Å². The van der Waals surface area contributed by atoms with Crippen molar-refractivity contribution in [3.8, 4) is 0 Å². The molecule has 1 aliphatic heterocycles. The molecular weight excluding hydrogens is 478 g/mol. The van der Waals surface area contributed by atoms with Crippen LogP contribution in [0.15, 0.2) is 72.8 Å². The first-order valence-corrected chi connectivity index (χ1v) is 11.7. The fraction of sp³-hybridized carbons (Fsp3) is 0.357. The molecule has 9 nitrogen and oxygen atoms in total. The Bertz CT molecular complexity index is 1130. The number of rotatable bonds is 10. The second kappa shape index (κ2) is 11.7. The van der Waals surface area contributed by atoms with Crippen LogP contribution >= 0.6 is 0 Å². The monoisotopic (exact) mass is 509 g/mol. The van der Waals surface area contributed by atoms with Gasteiger partial charge in [-0.15, -0.1) is 6.58 Å². The highest BCUT2D eigenvalue weighted by Gasteiger charge is 2.62. The Balaban J connectivity index is 2.31. The van der Waals surface area contributed by atoms with Crippen LogP contribution in [0.1, 0.15) is 43.0 Å². The number of hydrogen-bond donors (Lipinski definition) is 0. The van der Waals surface area contributed by atoms with Crippen LogP contribution in [0.25, 0.3) is 0 Å². The Kier molecular flexibility index (Phi) is 8.70. The van der Waals surface area contributed by atoms with Crippen molar-refractivity contribution in [3.63, 3.8) is 0 Å². The average molecular weight is 510 g/mol.